The second kappa shape index (κ2) is 4.33. The largest absolute Gasteiger partial charge is 0.299 e. The van der Waals surface area contributed by atoms with Crippen molar-refractivity contribution in [2.75, 3.05) is 0 Å². The first kappa shape index (κ1) is 12.4. The van der Waals surface area contributed by atoms with E-state index in [0.717, 1.165) is 36.0 Å². The Labute approximate surface area is 119 Å². The van der Waals surface area contributed by atoms with Crippen LogP contribution in [0.1, 0.15) is 72.6 Å². The lowest BCUT2D eigenvalue weighted by molar-refractivity contribution is -0.132. The molecule has 1 heteroatoms. The van der Waals surface area contributed by atoms with Gasteiger partial charge in [0.2, 0.25) is 0 Å². The van der Waals surface area contributed by atoms with Crippen molar-refractivity contribution in [2.24, 2.45) is 35.0 Å². The molecule has 0 aliphatic heterocycles. The van der Waals surface area contributed by atoms with Crippen LogP contribution in [-0.4, -0.2) is 5.78 Å². The van der Waals surface area contributed by atoms with Crippen LogP contribution >= 0.6 is 0 Å². The Hall–Kier alpha value is -0.330. The van der Waals surface area contributed by atoms with E-state index in [-0.39, 0.29) is 6.84 Å². The van der Waals surface area contributed by atoms with E-state index >= 15 is 0 Å². The lowest BCUT2D eigenvalue weighted by Gasteiger charge is -2.54. The van der Waals surface area contributed by atoms with Gasteiger partial charge in [-0.2, -0.15) is 0 Å². The quantitative estimate of drug-likeness (QED) is 0.610. The van der Waals surface area contributed by atoms with Gasteiger partial charge in [0.15, 0.2) is 0 Å². The van der Waals surface area contributed by atoms with Gasteiger partial charge in [-0.15, -0.1) is 0 Å². The summed E-state index contributed by atoms with van der Waals surface area (Å²) in [5.74, 6) is 5.33. The predicted molar refractivity (Wildman–Crippen MR) is 78.8 cm³/mol. The van der Waals surface area contributed by atoms with Crippen LogP contribution in [0.25, 0.3) is 0 Å². The van der Waals surface area contributed by atoms with Crippen LogP contribution in [0.2, 0.25) is 0 Å². The summed E-state index contributed by atoms with van der Waals surface area (Å²) in [5, 5.41) is 0. The summed E-state index contributed by atoms with van der Waals surface area (Å²) in [7, 11) is 0. The molecular formula is C18H30O. The number of carbonyl (C=O) groups is 1. The van der Waals surface area contributed by atoms with Crippen molar-refractivity contribution in [1.82, 2.24) is 0 Å². The van der Waals surface area contributed by atoms with Gasteiger partial charge >= 0.3 is 0 Å². The lowest BCUT2D eigenvalue weighted by Crippen LogP contribution is -2.48. The molecule has 0 N–H and O–H groups in total. The Kier molecular flexibility index (Phi) is 2.83. The van der Waals surface area contributed by atoms with E-state index in [4.69, 9.17) is 0 Å². The number of hydrogen-bond donors (Lipinski definition) is 0. The average Bonchev–Trinajstić information content (AvgIpc) is 2.75. The molecule has 3 unspecified atom stereocenters. The molecule has 4 saturated carbocycles. The fourth-order valence-electron chi connectivity index (χ4n) is 6.60. The number of Topliss-reactive ketones (excluding diaryl/α,β-unsaturated/α-hetero) is 1. The number of carbonyl (C=O) groups excluding carboxylic acids is 1. The monoisotopic (exact) mass is 262 g/mol. The average molecular weight is 262 g/mol. The van der Waals surface area contributed by atoms with E-state index in [1.54, 1.807) is 0 Å². The molecule has 0 saturated heterocycles. The molecule has 0 heterocycles. The molecule has 0 aromatic rings. The maximum absolute atomic E-state index is 12.3. The minimum Gasteiger partial charge on any atom is -0.299 e. The van der Waals surface area contributed by atoms with Gasteiger partial charge in [-0.05, 0) is 68.1 Å². The predicted octanol–water partition coefficient (Wildman–Crippen LogP) is 4.84. The van der Waals surface area contributed by atoms with Crippen LogP contribution in [0.3, 0.4) is 0 Å². The molecule has 1 nitrogen and oxygen atoms in total. The van der Waals surface area contributed by atoms with Crippen molar-refractivity contribution >= 4 is 5.78 Å². The molecule has 19 heavy (non-hydrogen) atoms. The van der Waals surface area contributed by atoms with E-state index in [1.165, 1.54) is 57.8 Å². The highest BCUT2D eigenvalue weighted by Gasteiger charge is 2.56. The maximum Gasteiger partial charge on any atom is 0.139 e. The number of fused-ring (bicyclic) bond motifs is 5. The highest BCUT2D eigenvalue weighted by Crippen LogP contribution is 2.61. The number of hydrogen-bond acceptors (Lipinski definition) is 1. The first-order valence-electron chi connectivity index (χ1n) is 8.73. The third kappa shape index (κ3) is 1.69. The first-order valence-corrected chi connectivity index (χ1v) is 8.73. The molecule has 4 aliphatic rings. The lowest BCUT2D eigenvalue weighted by atomic mass is 9.51. The Bertz CT molecular complexity index is 393. The molecule has 108 valence electrons. The Balaban J connectivity index is 0.00000121. The zero-order chi connectivity index (χ0) is 13.0. The zero-order valence-corrected chi connectivity index (χ0v) is 12.4. The summed E-state index contributed by atoms with van der Waals surface area (Å²) in [6, 6.07) is 0. The molecule has 4 aliphatic carbocycles. The van der Waals surface area contributed by atoms with E-state index in [0.29, 0.717) is 5.78 Å². The second-order valence-corrected chi connectivity index (χ2v) is 8.14. The van der Waals surface area contributed by atoms with Crippen molar-refractivity contribution in [3.63, 3.8) is 0 Å². The van der Waals surface area contributed by atoms with Crippen LogP contribution in [0, 0.1) is 35.0 Å². The van der Waals surface area contributed by atoms with Gasteiger partial charge < -0.3 is 0 Å². The van der Waals surface area contributed by atoms with Gasteiger partial charge in [0.1, 0.15) is 5.78 Å². The summed E-state index contributed by atoms with van der Waals surface area (Å²) >= 11 is 0. The molecule has 4 rings (SSSR count). The van der Waals surface area contributed by atoms with Gasteiger partial charge in [0.05, 0.1) is 0 Å². The van der Waals surface area contributed by atoms with Crippen molar-refractivity contribution in [3.8, 4) is 0 Å². The summed E-state index contributed by atoms with van der Waals surface area (Å²) in [5.41, 5.74) is 0.0860. The second-order valence-electron chi connectivity index (χ2n) is 8.14. The fraction of sp³-hybridized carbons (Fsp3) is 0.944. The number of ketones is 1. The normalized spacial score (nSPS) is 53.3. The standard InChI is InChI=1S/C18H28O.H2/c1-18-11-10-14-13-5-3-2-4-12(13)6-7-15(14)16(18)8-9-17(18)19;/h12-16H,2-11H2,1H3;1H/t12?,13-,14+,15+,16?,18?;/m0./s1. The molecule has 0 aromatic carbocycles. The fourth-order valence-corrected chi connectivity index (χ4v) is 6.60. The smallest absolute Gasteiger partial charge is 0.139 e. The van der Waals surface area contributed by atoms with Crippen LogP contribution in [0.4, 0.5) is 0 Å². The van der Waals surface area contributed by atoms with Gasteiger partial charge in [0.25, 0.3) is 0 Å². The molecular weight excluding hydrogens is 232 g/mol. The third-order valence-electron chi connectivity index (χ3n) is 7.59. The summed E-state index contributed by atoms with van der Waals surface area (Å²) in [6.07, 6.45) is 13.6. The van der Waals surface area contributed by atoms with E-state index in [1.807, 2.05) is 0 Å². The molecule has 4 fully saturated rings. The Morgan fingerprint density at radius 1 is 0.947 bits per heavy atom. The van der Waals surface area contributed by atoms with Crippen LogP contribution in [0.5, 0.6) is 0 Å². The first-order chi connectivity index (χ1) is 9.20. The topological polar surface area (TPSA) is 17.1 Å². The summed E-state index contributed by atoms with van der Waals surface area (Å²) in [6.45, 7) is 2.30. The molecule has 0 aromatic heterocycles. The third-order valence-corrected chi connectivity index (χ3v) is 7.59. The van der Waals surface area contributed by atoms with Crippen molar-refractivity contribution in [2.45, 2.75) is 71.1 Å². The summed E-state index contributed by atoms with van der Waals surface area (Å²) < 4.78 is 0. The molecule has 0 amide bonds. The summed E-state index contributed by atoms with van der Waals surface area (Å²) in [4.78, 5) is 12.3. The van der Waals surface area contributed by atoms with Gasteiger partial charge in [-0.3, -0.25) is 4.79 Å². The van der Waals surface area contributed by atoms with Gasteiger partial charge in [-0.1, -0.05) is 26.2 Å². The van der Waals surface area contributed by atoms with Crippen molar-refractivity contribution in [3.05, 3.63) is 0 Å². The molecule has 0 radical (unpaired) electrons. The van der Waals surface area contributed by atoms with E-state index in [9.17, 15) is 4.79 Å². The van der Waals surface area contributed by atoms with Gasteiger partial charge in [0, 0.05) is 13.3 Å². The molecule has 0 spiro atoms. The van der Waals surface area contributed by atoms with Gasteiger partial charge in [-0.25, -0.2) is 0 Å². The van der Waals surface area contributed by atoms with E-state index in [2.05, 4.69) is 6.92 Å². The van der Waals surface area contributed by atoms with Crippen LogP contribution < -0.4 is 0 Å². The Morgan fingerprint density at radius 2 is 1.79 bits per heavy atom. The SMILES string of the molecule is CC12CC[C@@H]3[C@H]4CCCCC4CC[C@H]3C1CCC2=O.[HH]. The van der Waals surface area contributed by atoms with Crippen molar-refractivity contribution < 1.29 is 6.22 Å². The molecule has 0 bridgehead atoms. The zero-order valence-electron chi connectivity index (χ0n) is 12.4. The highest BCUT2D eigenvalue weighted by atomic mass is 16.1. The Morgan fingerprint density at radius 3 is 2.68 bits per heavy atom. The van der Waals surface area contributed by atoms with Crippen molar-refractivity contribution in [1.29, 1.82) is 0 Å². The highest BCUT2D eigenvalue weighted by molar-refractivity contribution is 5.87. The molecule has 6 atom stereocenters. The van der Waals surface area contributed by atoms with Crippen LogP contribution in [-0.2, 0) is 4.79 Å². The number of rotatable bonds is 0. The van der Waals surface area contributed by atoms with Crippen LogP contribution in [0.15, 0.2) is 0 Å². The van der Waals surface area contributed by atoms with E-state index < -0.39 is 0 Å². The maximum atomic E-state index is 12.3. The minimum atomic E-state index is 0. The minimum absolute atomic E-state index is 0.